The normalized spacial score (nSPS) is 15.1. The van der Waals surface area contributed by atoms with E-state index in [0.29, 0.717) is 0 Å². The van der Waals surface area contributed by atoms with Gasteiger partial charge in [-0.05, 0) is 37.1 Å². The van der Waals surface area contributed by atoms with Gasteiger partial charge in [-0.2, -0.15) is 0 Å². The fourth-order valence-corrected chi connectivity index (χ4v) is 3.13. The number of nitrogens with two attached hydrogens (primary N) is 1. The average molecular weight is 368 g/mol. The zero-order valence-electron chi connectivity index (χ0n) is 14.9. The zero-order chi connectivity index (χ0) is 19.4. The van der Waals surface area contributed by atoms with Gasteiger partial charge in [0.1, 0.15) is 5.75 Å². The summed E-state index contributed by atoms with van der Waals surface area (Å²) < 4.78 is 10.3. The molecule has 27 heavy (non-hydrogen) atoms. The van der Waals surface area contributed by atoms with Crippen LogP contribution >= 0.6 is 0 Å². The molecule has 0 fully saturated rings. The van der Waals surface area contributed by atoms with Crippen LogP contribution in [-0.2, 0) is 20.7 Å². The first-order valence-electron chi connectivity index (χ1n) is 8.54. The fourth-order valence-electron chi connectivity index (χ4n) is 3.13. The number of rotatable bonds is 6. The number of hydrogen-bond acceptors (Lipinski definition) is 5. The Hall–Kier alpha value is -3.35. The van der Waals surface area contributed by atoms with Crippen LogP contribution in [0.15, 0.2) is 48.5 Å². The van der Waals surface area contributed by atoms with Gasteiger partial charge in [-0.3, -0.25) is 9.59 Å². The third-order valence-corrected chi connectivity index (χ3v) is 4.33. The molecule has 0 unspecified atom stereocenters. The molecule has 1 atom stereocenters. The number of benzene rings is 2. The number of esters is 1. The van der Waals surface area contributed by atoms with E-state index in [-0.39, 0.29) is 29.9 Å². The third kappa shape index (κ3) is 4.08. The predicted octanol–water partition coefficient (Wildman–Crippen LogP) is 1.69. The average Bonchev–Trinajstić information content (AvgIpc) is 3.00. The van der Waals surface area contributed by atoms with E-state index in [4.69, 9.17) is 15.2 Å². The molecular weight excluding hydrogens is 348 g/mol. The van der Waals surface area contributed by atoms with Crippen molar-refractivity contribution in [2.75, 3.05) is 18.1 Å². The lowest BCUT2D eigenvalue weighted by Crippen LogP contribution is -2.39. The summed E-state index contributed by atoms with van der Waals surface area (Å²) in [5, 5.41) is 0. The first kappa shape index (κ1) is 18.4. The molecule has 1 aliphatic rings. The Morgan fingerprint density at radius 1 is 1.07 bits per heavy atom. The smallest absolute Gasteiger partial charge is 0.344 e. The van der Waals surface area contributed by atoms with Gasteiger partial charge in [0.15, 0.2) is 13.2 Å². The summed E-state index contributed by atoms with van der Waals surface area (Å²) in [6.07, 6.45) is 0.767. The molecule has 2 aromatic carbocycles. The minimum absolute atomic E-state index is 0.00676. The summed E-state index contributed by atoms with van der Waals surface area (Å²) in [5.41, 5.74) is 7.36. The van der Waals surface area contributed by atoms with E-state index < -0.39 is 18.5 Å². The molecule has 0 aliphatic carbocycles. The summed E-state index contributed by atoms with van der Waals surface area (Å²) in [7, 11) is 0. The van der Waals surface area contributed by atoms with Crippen LogP contribution in [0.2, 0.25) is 0 Å². The van der Waals surface area contributed by atoms with Gasteiger partial charge in [-0.15, -0.1) is 0 Å². The molecule has 7 heteroatoms. The molecule has 0 saturated carbocycles. The molecule has 3 rings (SSSR count). The molecule has 0 saturated heterocycles. The minimum atomic E-state index is -0.706. The van der Waals surface area contributed by atoms with Crippen molar-refractivity contribution in [3.8, 4) is 5.75 Å². The molecular formula is C20H20N2O5. The molecule has 7 nitrogen and oxygen atoms in total. The number of carbonyl (C=O) groups is 3. The zero-order valence-corrected chi connectivity index (χ0v) is 14.9. The minimum Gasteiger partial charge on any atom is -0.481 e. The van der Waals surface area contributed by atoms with Crippen molar-refractivity contribution < 1.29 is 23.9 Å². The maximum atomic E-state index is 12.5. The second-order valence-corrected chi connectivity index (χ2v) is 6.26. The second-order valence-electron chi connectivity index (χ2n) is 6.26. The first-order chi connectivity index (χ1) is 13.0. The topological polar surface area (TPSA) is 98.9 Å². The summed E-state index contributed by atoms with van der Waals surface area (Å²) in [6, 6.07) is 14.0. The van der Waals surface area contributed by atoms with E-state index in [1.807, 2.05) is 31.2 Å². The van der Waals surface area contributed by atoms with Crippen molar-refractivity contribution in [1.29, 1.82) is 0 Å². The van der Waals surface area contributed by atoms with E-state index in [2.05, 4.69) is 0 Å². The van der Waals surface area contributed by atoms with Crippen molar-refractivity contribution >= 4 is 23.5 Å². The largest absolute Gasteiger partial charge is 0.481 e. The molecule has 2 aromatic rings. The fraction of sp³-hybridized carbons (Fsp3) is 0.250. The van der Waals surface area contributed by atoms with E-state index in [9.17, 15) is 14.4 Å². The number of primary amides is 1. The highest BCUT2D eigenvalue weighted by Gasteiger charge is 2.30. The van der Waals surface area contributed by atoms with Gasteiger partial charge in [-0.25, -0.2) is 4.79 Å². The van der Waals surface area contributed by atoms with Crippen molar-refractivity contribution in [2.24, 2.45) is 5.73 Å². The molecule has 140 valence electrons. The molecule has 1 aliphatic heterocycles. The summed E-state index contributed by atoms with van der Waals surface area (Å²) in [6.45, 7) is 1.14. The number of amides is 2. The van der Waals surface area contributed by atoms with E-state index in [1.165, 1.54) is 12.1 Å². The molecule has 0 spiro atoms. The lowest BCUT2D eigenvalue weighted by molar-refractivity contribution is -0.149. The van der Waals surface area contributed by atoms with Crippen LogP contribution in [0.5, 0.6) is 5.75 Å². The standard InChI is InChI=1S/C20H20N2O5/c1-13-10-14-6-2-4-8-16(14)22(13)18(23)11-27-19(24)12-26-17-9-5-3-7-15(17)20(21)25/h2-9,13H,10-12H2,1H3,(H2,21,25)/t13-/m1/s1. The predicted molar refractivity (Wildman–Crippen MR) is 98.5 cm³/mol. The number of fused-ring (bicyclic) bond motifs is 1. The van der Waals surface area contributed by atoms with Gasteiger partial charge in [-0.1, -0.05) is 30.3 Å². The molecule has 0 bridgehead atoms. The van der Waals surface area contributed by atoms with Crippen LogP contribution in [-0.4, -0.2) is 37.0 Å². The van der Waals surface area contributed by atoms with Crippen LogP contribution in [0.25, 0.3) is 0 Å². The highest BCUT2D eigenvalue weighted by Crippen LogP contribution is 2.31. The monoisotopic (exact) mass is 368 g/mol. The summed E-state index contributed by atoms with van der Waals surface area (Å²) in [4.78, 5) is 37.4. The molecule has 0 aromatic heterocycles. The van der Waals surface area contributed by atoms with Crippen molar-refractivity contribution in [3.63, 3.8) is 0 Å². The van der Waals surface area contributed by atoms with Crippen molar-refractivity contribution in [1.82, 2.24) is 0 Å². The van der Waals surface area contributed by atoms with Gasteiger partial charge in [0.25, 0.3) is 11.8 Å². The molecule has 2 amide bonds. The van der Waals surface area contributed by atoms with Crippen molar-refractivity contribution in [3.05, 3.63) is 59.7 Å². The van der Waals surface area contributed by atoms with Gasteiger partial charge in [0, 0.05) is 11.7 Å². The summed E-state index contributed by atoms with van der Waals surface area (Å²) >= 11 is 0. The van der Waals surface area contributed by atoms with E-state index in [1.54, 1.807) is 17.0 Å². The SMILES string of the molecule is C[C@@H]1Cc2ccccc2N1C(=O)COC(=O)COc1ccccc1C(N)=O. The Balaban J connectivity index is 1.54. The number of hydrogen-bond donors (Lipinski definition) is 1. The van der Waals surface area contributed by atoms with Gasteiger partial charge >= 0.3 is 5.97 Å². The van der Waals surface area contributed by atoms with Crippen LogP contribution in [0.3, 0.4) is 0 Å². The Kier molecular flexibility index (Phi) is 5.40. The summed E-state index contributed by atoms with van der Waals surface area (Å²) in [5.74, 6) is -1.47. The Bertz CT molecular complexity index is 880. The maximum Gasteiger partial charge on any atom is 0.344 e. The van der Waals surface area contributed by atoms with Crippen molar-refractivity contribution in [2.45, 2.75) is 19.4 Å². The number of para-hydroxylation sites is 2. The lowest BCUT2D eigenvalue weighted by atomic mass is 10.1. The number of ether oxygens (including phenoxy) is 2. The molecule has 0 radical (unpaired) electrons. The lowest BCUT2D eigenvalue weighted by Gasteiger charge is -2.22. The second kappa shape index (κ2) is 7.90. The van der Waals surface area contributed by atoms with E-state index >= 15 is 0 Å². The van der Waals surface area contributed by atoms with Crippen LogP contribution in [0.1, 0.15) is 22.8 Å². The highest BCUT2D eigenvalue weighted by atomic mass is 16.6. The Morgan fingerprint density at radius 2 is 1.78 bits per heavy atom. The van der Waals surface area contributed by atoms with Gasteiger partial charge < -0.3 is 20.1 Å². The number of anilines is 1. The highest BCUT2D eigenvalue weighted by molar-refractivity contribution is 5.98. The molecule has 2 N–H and O–H groups in total. The van der Waals surface area contributed by atoms with Crippen LogP contribution in [0.4, 0.5) is 5.69 Å². The van der Waals surface area contributed by atoms with E-state index in [0.717, 1.165) is 17.7 Å². The number of carbonyl (C=O) groups excluding carboxylic acids is 3. The van der Waals surface area contributed by atoms with Gasteiger partial charge in [0.05, 0.1) is 5.56 Å². The van der Waals surface area contributed by atoms with Gasteiger partial charge in [0.2, 0.25) is 0 Å². The Labute approximate surface area is 156 Å². The third-order valence-electron chi connectivity index (χ3n) is 4.33. The maximum absolute atomic E-state index is 12.5. The van der Waals surface area contributed by atoms with Crippen LogP contribution < -0.4 is 15.4 Å². The number of nitrogens with zero attached hydrogens (tertiary/aromatic N) is 1. The molecule has 1 heterocycles. The Morgan fingerprint density at radius 3 is 2.56 bits per heavy atom. The van der Waals surface area contributed by atoms with Crippen LogP contribution in [0, 0.1) is 0 Å². The first-order valence-corrected chi connectivity index (χ1v) is 8.54. The quantitative estimate of drug-likeness (QED) is 0.782.